The van der Waals surface area contributed by atoms with E-state index in [9.17, 15) is 9.59 Å². The molecule has 0 unspecified atom stereocenters. The lowest BCUT2D eigenvalue weighted by atomic mass is 10.2. The van der Waals surface area contributed by atoms with E-state index in [2.05, 4.69) is 26.6 Å². The second-order valence-electron chi connectivity index (χ2n) is 6.79. The summed E-state index contributed by atoms with van der Waals surface area (Å²) in [6, 6.07) is 21.1. The van der Waals surface area contributed by atoms with Crippen LogP contribution in [0.2, 0.25) is 0 Å². The Morgan fingerprint density at radius 2 is 1.62 bits per heavy atom. The van der Waals surface area contributed by atoms with Gasteiger partial charge in [-0.2, -0.15) is 0 Å². The summed E-state index contributed by atoms with van der Waals surface area (Å²) in [5.41, 5.74) is 1.63. The molecule has 2 N–H and O–H groups in total. The molecule has 1 heterocycles. The van der Waals surface area contributed by atoms with Gasteiger partial charge in [-0.3, -0.25) is 9.59 Å². The van der Waals surface area contributed by atoms with Crippen molar-refractivity contribution in [1.29, 1.82) is 0 Å². The predicted molar refractivity (Wildman–Crippen MR) is 125 cm³/mol. The molecule has 0 spiro atoms. The van der Waals surface area contributed by atoms with Crippen LogP contribution in [0.5, 0.6) is 11.5 Å². The van der Waals surface area contributed by atoms with Crippen LogP contribution in [-0.4, -0.2) is 25.5 Å². The normalized spacial score (nSPS) is 10.6. The summed E-state index contributed by atoms with van der Waals surface area (Å²) >= 11 is 3.41. The Morgan fingerprint density at radius 1 is 0.906 bits per heavy atom. The fraction of sp³-hybridized carbons (Fsp3) is 0.0833. The molecule has 0 aliphatic heterocycles. The Labute approximate surface area is 192 Å². The average Bonchev–Trinajstić information content (AvgIpc) is 3.24. The molecule has 8 heteroatoms. The van der Waals surface area contributed by atoms with Crippen molar-refractivity contribution in [3.05, 3.63) is 83.0 Å². The van der Waals surface area contributed by atoms with Crippen LogP contribution >= 0.6 is 15.9 Å². The van der Waals surface area contributed by atoms with Gasteiger partial charge in [-0.05, 0) is 58.4 Å². The number of methoxy groups -OCH3 is 1. The van der Waals surface area contributed by atoms with Crippen LogP contribution in [-0.2, 0) is 4.79 Å². The van der Waals surface area contributed by atoms with Gasteiger partial charge in [-0.1, -0.05) is 30.3 Å². The Hall–Kier alpha value is -3.78. The quantitative estimate of drug-likeness (QED) is 0.355. The largest absolute Gasteiger partial charge is 0.493 e. The minimum atomic E-state index is -0.393. The minimum absolute atomic E-state index is 0.187. The summed E-state index contributed by atoms with van der Waals surface area (Å²) < 4.78 is 17.2. The van der Waals surface area contributed by atoms with E-state index in [4.69, 9.17) is 13.9 Å². The molecule has 0 fully saturated rings. The Morgan fingerprint density at radius 3 is 2.38 bits per heavy atom. The molecule has 1 aromatic heterocycles. The number of nitrogens with one attached hydrogen (secondary N) is 2. The lowest BCUT2D eigenvalue weighted by Crippen LogP contribution is -2.20. The van der Waals surface area contributed by atoms with Crippen molar-refractivity contribution < 1.29 is 23.5 Å². The van der Waals surface area contributed by atoms with E-state index >= 15 is 0 Å². The van der Waals surface area contributed by atoms with E-state index in [1.807, 2.05) is 24.3 Å². The fourth-order valence-corrected chi connectivity index (χ4v) is 3.55. The molecule has 4 rings (SSSR count). The van der Waals surface area contributed by atoms with Gasteiger partial charge < -0.3 is 24.5 Å². The monoisotopic (exact) mass is 494 g/mol. The first kappa shape index (κ1) is 21.5. The van der Waals surface area contributed by atoms with Crippen molar-refractivity contribution in [2.75, 3.05) is 24.4 Å². The number of halogens is 1. The van der Waals surface area contributed by atoms with Crippen LogP contribution in [0.15, 0.2) is 81.7 Å². The highest BCUT2D eigenvalue weighted by atomic mass is 79.9. The minimum Gasteiger partial charge on any atom is -0.493 e. The molecular weight excluding hydrogens is 476 g/mol. The SMILES string of the molecule is COc1ccccc1OCC(=O)Nc1cccc(NC(=O)c2cc3cccc(Br)c3o2)c1. The van der Waals surface area contributed by atoms with E-state index in [0.717, 1.165) is 9.86 Å². The third-order valence-electron chi connectivity index (χ3n) is 4.55. The molecular formula is C24H19BrN2O5. The van der Waals surface area contributed by atoms with Gasteiger partial charge in [-0.25, -0.2) is 0 Å². The molecule has 162 valence electrons. The molecule has 2 amide bonds. The Balaban J connectivity index is 1.39. The van der Waals surface area contributed by atoms with Crippen LogP contribution in [0.25, 0.3) is 11.0 Å². The molecule has 3 aromatic carbocycles. The third-order valence-corrected chi connectivity index (χ3v) is 5.18. The molecule has 0 bridgehead atoms. The van der Waals surface area contributed by atoms with Crippen molar-refractivity contribution in [2.24, 2.45) is 0 Å². The van der Waals surface area contributed by atoms with Gasteiger partial charge in [0.25, 0.3) is 11.8 Å². The summed E-state index contributed by atoms with van der Waals surface area (Å²) in [5, 5.41) is 6.34. The van der Waals surface area contributed by atoms with Gasteiger partial charge in [0.05, 0.1) is 11.6 Å². The first-order valence-corrected chi connectivity index (χ1v) is 10.5. The maximum absolute atomic E-state index is 12.6. The number of ether oxygens (including phenoxy) is 2. The summed E-state index contributed by atoms with van der Waals surface area (Å²) in [7, 11) is 1.53. The number of benzene rings is 3. The maximum Gasteiger partial charge on any atom is 0.291 e. The number of hydrogen-bond donors (Lipinski definition) is 2. The van der Waals surface area contributed by atoms with E-state index in [1.165, 1.54) is 7.11 Å². The van der Waals surface area contributed by atoms with Gasteiger partial charge in [-0.15, -0.1) is 0 Å². The van der Waals surface area contributed by atoms with Crippen LogP contribution in [0.4, 0.5) is 11.4 Å². The number of hydrogen-bond acceptors (Lipinski definition) is 5. The van der Waals surface area contributed by atoms with Gasteiger partial charge in [0, 0.05) is 16.8 Å². The van der Waals surface area contributed by atoms with Crippen molar-refractivity contribution in [2.45, 2.75) is 0 Å². The molecule has 0 radical (unpaired) electrons. The zero-order valence-corrected chi connectivity index (χ0v) is 18.6. The van der Waals surface area contributed by atoms with Gasteiger partial charge in [0.1, 0.15) is 5.58 Å². The third kappa shape index (κ3) is 4.92. The van der Waals surface area contributed by atoms with Gasteiger partial charge in [0.2, 0.25) is 0 Å². The highest BCUT2D eigenvalue weighted by molar-refractivity contribution is 9.10. The zero-order chi connectivity index (χ0) is 22.5. The van der Waals surface area contributed by atoms with Gasteiger partial charge in [0.15, 0.2) is 23.9 Å². The van der Waals surface area contributed by atoms with E-state index in [-0.39, 0.29) is 18.3 Å². The molecule has 0 aliphatic carbocycles. The van der Waals surface area contributed by atoms with E-state index in [0.29, 0.717) is 28.5 Å². The van der Waals surface area contributed by atoms with Crippen LogP contribution in [0, 0.1) is 0 Å². The molecule has 32 heavy (non-hydrogen) atoms. The van der Waals surface area contributed by atoms with Gasteiger partial charge >= 0.3 is 0 Å². The molecule has 0 saturated carbocycles. The van der Waals surface area contributed by atoms with Crippen LogP contribution < -0.4 is 20.1 Å². The smallest absolute Gasteiger partial charge is 0.291 e. The number of carbonyl (C=O) groups is 2. The lowest BCUT2D eigenvalue weighted by Gasteiger charge is -2.11. The Bertz CT molecular complexity index is 1280. The van der Waals surface area contributed by atoms with Crippen molar-refractivity contribution in [3.8, 4) is 11.5 Å². The second kappa shape index (κ2) is 9.57. The molecule has 0 atom stereocenters. The van der Waals surface area contributed by atoms with Crippen LogP contribution in [0.3, 0.4) is 0 Å². The lowest BCUT2D eigenvalue weighted by molar-refractivity contribution is -0.118. The molecule has 0 saturated heterocycles. The highest BCUT2D eigenvalue weighted by Crippen LogP contribution is 2.28. The van der Waals surface area contributed by atoms with Crippen molar-refractivity contribution in [1.82, 2.24) is 0 Å². The molecule has 0 aliphatic rings. The van der Waals surface area contributed by atoms with Crippen LogP contribution in [0.1, 0.15) is 10.6 Å². The number of rotatable bonds is 7. The summed E-state index contributed by atoms with van der Waals surface area (Å²) in [6.07, 6.45) is 0. The van der Waals surface area contributed by atoms with Crippen molar-refractivity contribution >= 4 is 50.1 Å². The summed E-state index contributed by atoms with van der Waals surface area (Å²) in [4.78, 5) is 24.9. The summed E-state index contributed by atoms with van der Waals surface area (Å²) in [6.45, 7) is -0.190. The molecule has 4 aromatic rings. The number of anilines is 2. The Kier molecular flexibility index (Phi) is 6.42. The fourth-order valence-electron chi connectivity index (χ4n) is 3.09. The summed E-state index contributed by atoms with van der Waals surface area (Å²) in [5.74, 6) is 0.468. The van der Waals surface area contributed by atoms with E-state index in [1.54, 1.807) is 48.5 Å². The number of fused-ring (bicyclic) bond motifs is 1. The standard InChI is InChI=1S/C24H19BrN2O5/c1-30-19-10-2-3-11-20(19)31-14-22(28)26-16-7-5-8-17(13-16)27-24(29)21-12-15-6-4-9-18(25)23(15)32-21/h2-13H,14H2,1H3,(H,26,28)(H,27,29). The number of carbonyl (C=O) groups excluding carboxylic acids is 2. The number of furan rings is 1. The second-order valence-corrected chi connectivity index (χ2v) is 7.65. The topological polar surface area (TPSA) is 89.8 Å². The average molecular weight is 495 g/mol. The first-order valence-electron chi connectivity index (χ1n) is 9.68. The highest BCUT2D eigenvalue weighted by Gasteiger charge is 2.14. The zero-order valence-electron chi connectivity index (χ0n) is 17.1. The van der Waals surface area contributed by atoms with E-state index < -0.39 is 5.91 Å². The number of para-hydroxylation sites is 3. The predicted octanol–water partition coefficient (Wildman–Crippen LogP) is 5.47. The first-order chi connectivity index (χ1) is 15.5. The van der Waals surface area contributed by atoms with Crippen molar-refractivity contribution in [3.63, 3.8) is 0 Å². The maximum atomic E-state index is 12.6. The number of amides is 2. The molecule has 7 nitrogen and oxygen atoms in total.